The van der Waals surface area contributed by atoms with Crippen molar-refractivity contribution in [2.75, 3.05) is 11.5 Å². The van der Waals surface area contributed by atoms with E-state index in [1.54, 1.807) is 12.4 Å². The molecular weight excluding hydrogens is 685 g/mol. The predicted octanol–water partition coefficient (Wildman–Crippen LogP) is 3.41. The molecule has 4 aliphatic rings. The Bertz CT molecular complexity index is 2350. The van der Waals surface area contributed by atoms with Crippen LogP contribution in [0.15, 0.2) is 73.6 Å². The van der Waals surface area contributed by atoms with Crippen LogP contribution in [0.1, 0.15) is 62.0 Å². The topological polar surface area (TPSA) is 220 Å². The molecule has 0 unspecified atom stereocenters. The summed E-state index contributed by atoms with van der Waals surface area (Å²) in [6.07, 6.45) is 11.0. The van der Waals surface area contributed by atoms with Crippen LogP contribution in [0.4, 0.5) is 11.6 Å². The number of aliphatic hydroxyl groups excluding tert-OH is 4. The molecule has 4 fully saturated rings. The second-order valence-corrected chi connectivity index (χ2v) is 16.5. The van der Waals surface area contributed by atoms with Gasteiger partial charge in [-0.3, -0.25) is 9.97 Å². The zero-order chi connectivity index (χ0) is 36.9. The highest BCUT2D eigenvalue weighted by Gasteiger charge is 2.60. The van der Waals surface area contributed by atoms with Gasteiger partial charge in [0.15, 0.2) is 5.82 Å². The van der Waals surface area contributed by atoms with Crippen molar-refractivity contribution in [2.45, 2.75) is 87.9 Å². The molecule has 0 amide bonds. The molecule has 54 heavy (non-hydrogen) atoms. The third kappa shape index (κ3) is 5.07. The molecule has 0 radical (unpaired) electrons. The van der Waals surface area contributed by atoms with Gasteiger partial charge in [-0.25, -0.2) is 19.9 Å². The van der Waals surface area contributed by atoms with Crippen LogP contribution in [0, 0.1) is 22.7 Å². The van der Waals surface area contributed by atoms with Gasteiger partial charge in [-0.15, -0.1) is 0 Å². The Labute approximate surface area is 311 Å². The fourth-order valence-electron chi connectivity index (χ4n) is 10.9. The molecular formula is C40H44N10O4. The summed E-state index contributed by atoms with van der Waals surface area (Å²) < 4.78 is 3.81. The lowest BCUT2D eigenvalue weighted by Gasteiger charge is -2.47. The number of nitrogen functional groups attached to an aromatic ring is 2. The molecule has 2 spiro atoms. The maximum Gasteiger partial charge on any atom is 0.166 e. The monoisotopic (exact) mass is 728 g/mol. The van der Waals surface area contributed by atoms with Crippen LogP contribution in [0.25, 0.3) is 33.5 Å². The minimum Gasteiger partial charge on any atom is -0.390 e. The molecule has 4 aliphatic carbocycles. The first kappa shape index (κ1) is 33.5. The fraction of sp³-hybridized carbons (Fsp3) is 0.450. The number of aliphatic hydroxyl groups is 4. The Morgan fingerprint density at radius 2 is 1.24 bits per heavy atom. The highest BCUT2D eigenvalue weighted by Crippen LogP contribution is 2.61. The number of fused-ring (bicyclic) bond motifs is 2. The molecule has 6 aromatic heterocycles. The van der Waals surface area contributed by atoms with Gasteiger partial charge in [-0.2, -0.15) is 0 Å². The second kappa shape index (κ2) is 12.2. The third-order valence-corrected chi connectivity index (χ3v) is 13.3. The Hall–Kier alpha value is -5.02. The van der Waals surface area contributed by atoms with Crippen LogP contribution >= 0.6 is 0 Å². The van der Waals surface area contributed by atoms with Crippen molar-refractivity contribution < 1.29 is 20.4 Å². The van der Waals surface area contributed by atoms with Crippen molar-refractivity contribution >= 4 is 33.7 Å². The van der Waals surface area contributed by atoms with Gasteiger partial charge < -0.3 is 41.0 Å². The summed E-state index contributed by atoms with van der Waals surface area (Å²) in [6.45, 7) is 0. The van der Waals surface area contributed by atoms with Gasteiger partial charge >= 0.3 is 0 Å². The van der Waals surface area contributed by atoms with Crippen molar-refractivity contribution in [3.63, 3.8) is 0 Å². The van der Waals surface area contributed by atoms with Crippen molar-refractivity contribution in [3.05, 3.63) is 85.0 Å². The number of aromatic nitrogens is 8. The first-order chi connectivity index (χ1) is 26.1. The normalized spacial score (nSPS) is 33.2. The molecule has 0 bridgehead atoms. The molecule has 14 heteroatoms. The number of anilines is 2. The maximum absolute atomic E-state index is 11.6. The van der Waals surface area contributed by atoms with Gasteiger partial charge in [0.05, 0.1) is 40.6 Å². The number of hydrogen-bond donors (Lipinski definition) is 6. The van der Waals surface area contributed by atoms with Crippen LogP contribution in [-0.4, -0.2) is 83.9 Å². The Morgan fingerprint density at radius 3 is 1.81 bits per heavy atom. The molecule has 4 saturated carbocycles. The standard InChI is InChI=1S/C40H44N10O4/c41-34-25-7-10-49(27-17-39(32(53)30(27)51)13-21(14-39)11-23-5-1-3-8-43-23)37(25)48-36(47-34)26-19-50(38-29(26)35(42)45-20-46-38)28-18-40(33(54)31(28)52)15-22(16-40)12-24-6-2-4-9-44-24/h1-10,19-22,27-28,30-33,51-54H,11-18H2,(H2,41,47,48)(H2,42,45,46)/t21-,22-,27-,28-,30+,31+,32+,33+,39+,40-/m1/s1. The van der Waals surface area contributed by atoms with Crippen LogP contribution in [-0.2, 0) is 12.8 Å². The van der Waals surface area contributed by atoms with Crippen LogP contribution in [0.2, 0.25) is 0 Å². The quantitative estimate of drug-likeness (QED) is 0.139. The van der Waals surface area contributed by atoms with Crippen molar-refractivity contribution in [3.8, 4) is 11.4 Å². The minimum atomic E-state index is -1.02. The van der Waals surface area contributed by atoms with E-state index in [9.17, 15) is 20.4 Å². The fourth-order valence-corrected chi connectivity index (χ4v) is 10.9. The number of hydrogen-bond acceptors (Lipinski definition) is 12. The highest BCUT2D eigenvalue weighted by atomic mass is 16.3. The zero-order valence-corrected chi connectivity index (χ0v) is 29.7. The number of rotatable bonds is 7. The summed E-state index contributed by atoms with van der Waals surface area (Å²) in [5.74, 6) is 1.56. The first-order valence-corrected chi connectivity index (χ1v) is 18.9. The molecule has 0 aromatic carbocycles. The smallest absolute Gasteiger partial charge is 0.166 e. The Morgan fingerprint density at radius 1 is 0.648 bits per heavy atom. The lowest BCUT2D eigenvalue weighted by molar-refractivity contribution is -0.0843. The molecule has 6 heterocycles. The molecule has 14 nitrogen and oxygen atoms in total. The molecule has 10 rings (SSSR count). The van der Waals surface area contributed by atoms with Gasteiger partial charge in [-0.1, -0.05) is 12.1 Å². The van der Waals surface area contributed by atoms with E-state index in [0.29, 0.717) is 58.1 Å². The van der Waals surface area contributed by atoms with E-state index < -0.39 is 41.9 Å². The number of pyridine rings is 2. The lowest BCUT2D eigenvalue weighted by Crippen LogP contribution is -2.46. The zero-order valence-electron chi connectivity index (χ0n) is 29.7. The third-order valence-electron chi connectivity index (χ3n) is 13.3. The van der Waals surface area contributed by atoms with E-state index in [-0.39, 0.29) is 17.1 Å². The number of nitrogens with zero attached hydrogens (tertiary/aromatic N) is 8. The summed E-state index contributed by atoms with van der Waals surface area (Å²) in [5.41, 5.74) is 16.0. The second-order valence-electron chi connectivity index (χ2n) is 16.5. The molecule has 8 N–H and O–H groups in total. The van der Waals surface area contributed by atoms with E-state index in [1.807, 2.05) is 64.0 Å². The van der Waals surface area contributed by atoms with E-state index >= 15 is 0 Å². The molecule has 278 valence electrons. The maximum atomic E-state index is 11.6. The van der Waals surface area contributed by atoms with Crippen molar-refractivity contribution in [1.29, 1.82) is 0 Å². The average molecular weight is 729 g/mol. The molecule has 0 aliphatic heterocycles. The van der Waals surface area contributed by atoms with Gasteiger partial charge in [0.2, 0.25) is 0 Å². The van der Waals surface area contributed by atoms with E-state index in [0.717, 1.165) is 49.9 Å². The average Bonchev–Trinajstić information content (AvgIpc) is 3.88. The van der Waals surface area contributed by atoms with Gasteiger partial charge in [-0.05, 0) is 93.5 Å². The summed E-state index contributed by atoms with van der Waals surface area (Å²) in [4.78, 5) is 27.6. The van der Waals surface area contributed by atoms with E-state index in [2.05, 4.69) is 19.9 Å². The van der Waals surface area contributed by atoms with Crippen molar-refractivity contribution in [2.24, 2.45) is 22.7 Å². The van der Waals surface area contributed by atoms with E-state index in [4.69, 9.17) is 21.4 Å². The largest absolute Gasteiger partial charge is 0.390 e. The van der Waals surface area contributed by atoms with Gasteiger partial charge in [0.1, 0.15) is 41.5 Å². The molecule has 6 atom stereocenters. The molecule has 6 aromatic rings. The van der Waals surface area contributed by atoms with Crippen LogP contribution in [0.3, 0.4) is 0 Å². The Balaban J connectivity index is 0.955. The van der Waals surface area contributed by atoms with Gasteiger partial charge in [0.25, 0.3) is 0 Å². The summed E-state index contributed by atoms with van der Waals surface area (Å²) >= 11 is 0. The van der Waals surface area contributed by atoms with Crippen LogP contribution in [0.5, 0.6) is 0 Å². The number of nitrogens with two attached hydrogens (primary N) is 2. The summed E-state index contributed by atoms with van der Waals surface area (Å²) in [6, 6.07) is 12.8. The van der Waals surface area contributed by atoms with E-state index in [1.165, 1.54) is 6.33 Å². The minimum absolute atomic E-state index is 0.231. The first-order valence-electron chi connectivity index (χ1n) is 18.9. The van der Waals surface area contributed by atoms with Gasteiger partial charge in [0, 0.05) is 47.0 Å². The highest BCUT2D eigenvalue weighted by molar-refractivity contribution is 6.00. The lowest BCUT2D eigenvalue weighted by atomic mass is 9.58. The summed E-state index contributed by atoms with van der Waals surface area (Å²) in [7, 11) is 0. The van der Waals surface area contributed by atoms with Crippen molar-refractivity contribution in [1.82, 2.24) is 39.0 Å². The molecule has 0 saturated heterocycles. The summed E-state index contributed by atoms with van der Waals surface area (Å²) in [5, 5.41) is 47.1. The predicted molar refractivity (Wildman–Crippen MR) is 200 cm³/mol. The SMILES string of the molecule is Nc1nc(-c2cn([C@@H]3C[C@]4(C[C@@H](Cc5ccccn5)C4)[C@@H](O)[C@H]3O)c3ncnc(N)c23)nc2c1ccn2[C@@H]1C[C@]2(C[C@H](Cc3ccccn3)C2)[C@@H](O)[C@H]1O. The van der Waals surface area contributed by atoms with Crippen LogP contribution < -0.4 is 11.5 Å². The Kier molecular flexibility index (Phi) is 7.61.